The van der Waals surface area contributed by atoms with Gasteiger partial charge in [0.2, 0.25) is 0 Å². The summed E-state index contributed by atoms with van der Waals surface area (Å²) >= 11 is 1.93. The summed E-state index contributed by atoms with van der Waals surface area (Å²) in [6.45, 7) is 1.38. The summed E-state index contributed by atoms with van der Waals surface area (Å²) in [6.07, 6.45) is 4.71. The van der Waals surface area contributed by atoms with Crippen molar-refractivity contribution in [3.63, 3.8) is 0 Å². The van der Waals surface area contributed by atoms with Gasteiger partial charge < -0.3 is 10.4 Å². The van der Waals surface area contributed by atoms with Gasteiger partial charge in [-0.25, -0.2) is 0 Å². The fourth-order valence-corrected chi connectivity index (χ4v) is 3.34. The van der Waals surface area contributed by atoms with Crippen molar-refractivity contribution in [3.8, 4) is 0 Å². The molecule has 0 unspecified atom stereocenters. The lowest BCUT2D eigenvalue weighted by Crippen LogP contribution is -2.27. The van der Waals surface area contributed by atoms with Crippen LogP contribution in [0.4, 0.5) is 0 Å². The number of nitrogens with one attached hydrogen (secondary N) is 1. The summed E-state index contributed by atoms with van der Waals surface area (Å²) in [7, 11) is 0. The molecule has 0 aromatic heterocycles. The molecule has 18 heavy (non-hydrogen) atoms. The van der Waals surface area contributed by atoms with Gasteiger partial charge >= 0.3 is 0 Å². The van der Waals surface area contributed by atoms with Crippen LogP contribution in [0.25, 0.3) is 0 Å². The Bertz CT molecular complexity index is 356. The Labute approximate surface area is 114 Å². The van der Waals surface area contributed by atoms with Crippen molar-refractivity contribution in [2.24, 2.45) is 0 Å². The highest BCUT2D eigenvalue weighted by molar-refractivity contribution is 7.99. The average molecular weight is 265 g/mol. The zero-order chi connectivity index (χ0) is 12.6. The molecule has 0 heterocycles. The topological polar surface area (TPSA) is 32.3 Å². The monoisotopic (exact) mass is 265 g/mol. The van der Waals surface area contributed by atoms with E-state index in [4.69, 9.17) is 5.11 Å². The first-order chi connectivity index (χ1) is 8.92. The minimum Gasteiger partial charge on any atom is -0.396 e. The highest BCUT2D eigenvalue weighted by atomic mass is 32.2. The van der Waals surface area contributed by atoms with Gasteiger partial charge in [-0.3, -0.25) is 0 Å². The molecule has 1 atom stereocenters. The number of fused-ring (bicyclic) bond motifs is 1. The molecule has 1 aromatic rings. The number of aliphatic hydroxyl groups is 1. The molecular weight excluding hydrogens is 242 g/mol. The molecule has 0 radical (unpaired) electrons. The molecule has 0 saturated carbocycles. The van der Waals surface area contributed by atoms with Crippen LogP contribution in [0.1, 0.15) is 36.4 Å². The Kier molecular flexibility index (Phi) is 6.05. The number of thioether (sulfide) groups is 1. The SMILES string of the molecule is OCCCSCCN[C@H]1CCCc2ccccc21. The Hall–Kier alpha value is -0.510. The van der Waals surface area contributed by atoms with E-state index < -0.39 is 0 Å². The largest absolute Gasteiger partial charge is 0.396 e. The van der Waals surface area contributed by atoms with Crippen LogP contribution in [0.2, 0.25) is 0 Å². The molecule has 1 aliphatic rings. The molecule has 3 heteroatoms. The van der Waals surface area contributed by atoms with Crippen LogP contribution in [-0.2, 0) is 6.42 Å². The van der Waals surface area contributed by atoms with Crippen LogP contribution in [0.3, 0.4) is 0 Å². The standard InChI is InChI=1S/C15H23NOS/c17-10-4-11-18-12-9-16-15-8-3-6-13-5-1-2-7-14(13)15/h1-2,5,7,15-17H,3-4,6,8-12H2/t15-/m0/s1. The molecule has 2 nitrogen and oxygen atoms in total. The minimum atomic E-state index is 0.316. The van der Waals surface area contributed by atoms with Crippen LogP contribution in [0, 0.1) is 0 Å². The molecule has 0 saturated heterocycles. The van der Waals surface area contributed by atoms with E-state index in [1.54, 1.807) is 0 Å². The lowest BCUT2D eigenvalue weighted by atomic mass is 9.88. The fourth-order valence-electron chi connectivity index (χ4n) is 2.54. The summed E-state index contributed by atoms with van der Waals surface area (Å²) in [6, 6.07) is 9.37. The van der Waals surface area contributed by atoms with Crippen molar-refractivity contribution in [1.82, 2.24) is 5.32 Å². The second-order valence-corrected chi connectivity index (χ2v) is 6.01. The lowest BCUT2D eigenvalue weighted by Gasteiger charge is -2.26. The first-order valence-electron chi connectivity index (χ1n) is 6.91. The highest BCUT2D eigenvalue weighted by Gasteiger charge is 2.18. The van der Waals surface area contributed by atoms with Crippen LogP contribution in [-0.4, -0.2) is 29.8 Å². The maximum Gasteiger partial charge on any atom is 0.0438 e. The third-order valence-corrected chi connectivity index (χ3v) is 4.52. The number of hydrogen-bond acceptors (Lipinski definition) is 3. The van der Waals surface area contributed by atoms with Gasteiger partial charge in [0.15, 0.2) is 0 Å². The predicted octanol–water partition coefficient (Wildman–Crippen LogP) is 2.77. The van der Waals surface area contributed by atoms with Crippen molar-refractivity contribution in [3.05, 3.63) is 35.4 Å². The van der Waals surface area contributed by atoms with E-state index in [1.165, 1.54) is 30.4 Å². The predicted molar refractivity (Wildman–Crippen MR) is 79.2 cm³/mol. The zero-order valence-corrected chi connectivity index (χ0v) is 11.7. The average Bonchev–Trinajstić information content (AvgIpc) is 2.43. The van der Waals surface area contributed by atoms with Gasteiger partial charge in [-0.1, -0.05) is 24.3 Å². The molecule has 0 fully saturated rings. The summed E-state index contributed by atoms with van der Waals surface area (Å²) in [5.41, 5.74) is 3.03. The van der Waals surface area contributed by atoms with Crippen molar-refractivity contribution < 1.29 is 5.11 Å². The number of benzene rings is 1. The van der Waals surface area contributed by atoms with Crippen molar-refractivity contribution >= 4 is 11.8 Å². The summed E-state index contributed by atoms with van der Waals surface area (Å²) in [4.78, 5) is 0. The van der Waals surface area contributed by atoms with Gasteiger partial charge in [0.1, 0.15) is 0 Å². The summed E-state index contributed by atoms with van der Waals surface area (Å²) in [5.74, 6) is 2.21. The van der Waals surface area contributed by atoms with E-state index in [9.17, 15) is 0 Å². The molecule has 2 N–H and O–H groups in total. The van der Waals surface area contributed by atoms with Crippen molar-refractivity contribution in [1.29, 1.82) is 0 Å². The van der Waals surface area contributed by atoms with Gasteiger partial charge in [-0.05, 0) is 42.6 Å². The van der Waals surface area contributed by atoms with Crippen LogP contribution < -0.4 is 5.32 Å². The van der Waals surface area contributed by atoms with Crippen LogP contribution >= 0.6 is 11.8 Å². The Morgan fingerprint density at radius 1 is 1.28 bits per heavy atom. The first-order valence-corrected chi connectivity index (χ1v) is 8.07. The van der Waals surface area contributed by atoms with Crippen LogP contribution in [0.5, 0.6) is 0 Å². The van der Waals surface area contributed by atoms with E-state index in [2.05, 4.69) is 29.6 Å². The van der Waals surface area contributed by atoms with Gasteiger partial charge in [-0.15, -0.1) is 0 Å². The molecule has 100 valence electrons. The lowest BCUT2D eigenvalue weighted by molar-refractivity contribution is 0.296. The van der Waals surface area contributed by atoms with Gasteiger partial charge in [-0.2, -0.15) is 11.8 Å². The molecular formula is C15H23NOS. The van der Waals surface area contributed by atoms with Gasteiger partial charge in [0.25, 0.3) is 0 Å². The number of hydrogen-bond donors (Lipinski definition) is 2. The smallest absolute Gasteiger partial charge is 0.0438 e. The molecule has 0 amide bonds. The van der Waals surface area contributed by atoms with E-state index in [1.807, 2.05) is 11.8 Å². The van der Waals surface area contributed by atoms with Gasteiger partial charge in [0, 0.05) is 24.9 Å². The molecule has 0 aliphatic heterocycles. The number of rotatable bonds is 7. The quantitative estimate of drug-likeness (QED) is 0.744. The molecule has 1 aliphatic carbocycles. The Morgan fingerprint density at radius 2 is 2.17 bits per heavy atom. The second-order valence-electron chi connectivity index (χ2n) is 4.79. The Balaban J connectivity index is 1.74. The molecule has 1 aromatic carbocycles. The maximum atomic E-state index is 8.71. The maximum absolute atomic E-state index is 8.71. The van der Waals surface area contributed by atoms with E-state index in [0.29, 0.717) is 12.6 Å². The molecule has 0 spiro atoms. The zero-order valence-electron chi connectivity index (χ0n) is 10.9. The second kappa shape index (κ2) is 7.82. The van der Waals surface area contributed by atoms with E-state index >= 15 is 0 Å². The molecule has 0 bridgehead atoms. The summed E-state index contributed by atoms with van der Waals surface area (Å²) in [5, 5.41) is 12.4. The van der Waals surface area contributed by atoms with Crippen LogP contribution in [0.15, 0.2) is 24.3 Å². The number of aryl methyl sites for hydroxylation is 1. The Morgan fingerprint density at radius 3 is 3.06 bits per heavy atom. The summed E-state index contributed by atoms with van der Waals surface area (Å²) < 4.78 is 0. The van der Waals surface area contributed by atoms with E-state index in [-0.39, 0.29) is 0 Å². The van der Waals surface area contributed by atoms with Gasteiger partial charge in [0.05, 0.1) is 0 Å². The third-order valence-electron chi connectivity index (χ3n) is 3.45. The first kappa shape index (κ1) is 13.9. The van der Waals surface area contributed by atoms with E-state index in [0.717, 1.165) is 24.5 Å². The van der Waals surface area contributed by atoms with Crippen molar-refractivity contribution in [2.75, 3.05) is 24.7 Å². The third kappa shape index (κ3) is 4.01. The highest BCUT2D eigenvalue weighted by Crippen LogP contribution is 2.29. The molecule has 2 rings (SSSR count). The minimum absolute atomic E-state index is 0.316. The fraction of sp³-hybridized carbons (Fsp3) is 0.600. The van der Waals surface area contributed by atoms with Crippen molar-refractivity contribution in [2.45, 2.75) is 31.7 Å². The normalized spacial score (nSPS) is 18.6. The number of aliphatic hydroxyl groups excluding tert-OH is 1.